The number of Topliss-reactive ketones (excluding diaryl/α,β-unsaturated/α-hetero) is 1. The molecule has 1 N–H and O–H groups in total. The highest BCUT2D eigenvalue weighted by Gasteiger charge is 2.33. The Morgan fingerprint density at radius 2 is 1.67 bits per heavy atom. The summed E-state index contributed by atoms with van der Waals surface area (Å²) in [4.78, 5) is 27.8. The number of H-pyrrole nitrogens is 1. The number of rotatable bonds is 5. The molecule has 0 fully saturated rings. The molecule has 0 aliphatic heterocycles. The molecule has 1 aliphatic rings. The zero-order valence-corrected chi connectivity index (χ0v) is 16.1. The lowest BCUT2D eigenvalue weighted by Gasteiger charge is -2.24. The third kappa shape index (κ3) is 3.13. The van der Waals surface area contributed by atoms with Gasteiger partial charge in [-0.1, -0.05) is 0 Å². The van der Waals surface area contributed by atoms with Gasteiger partial charge in [0.05, 0.1) is 28.4 Å². The molecule has 0 spiro atoms. The van der Waals surface area contributed by atoms with Crippen molar-refractivity contribution in [1.82, 2.24) is 4.98 Å². The van der Waals surface area contributed by atoms with E-state index in [1.165, 1.54) is 7.11 Å². The summed E-state index contributed by atoms with van der Waals surface area (Å²) in [5.74, 6) is 1.06. The molecule has 1 aliphatic carbocycles. The van der Waals surface area contributed by atoms with Crippen molar-refractivity contribution in [3.05, 3.63) is 40.2 Å². The first-order valence-corrected chi connectivity index (χ1v) is 8.57. The Labute approximate surface area is 157 Å². The summed E-state index contributed by atoms with van der Waals surface area (Å²) in [6.45, 7) is 1.76. The number of fused-ring (bicyclic) bond motifs is 1. The fourth-order valence-electron chi connectivity index (χ4n) is 3.71. The van der Waals surface area contributed by atoms with Crippen LogP contribution in [0.5, 0.6) is 17.2 Å². The van der Waals surface area contributed by atoms with E-state index in [1.807, 2.05) is 12.1 Å². The third-order valence-electron chi connectivity index (χ3n) is 5.04. The molecule has 27 heavy (non-hydrogen) atoms. The van der Waals surface area contributed by atoms with Gasteiger partial charge in [0.25, 0.3) is 0 Å². The molecule has 7 heteroatoms. The van der Waals surface area contributed by atoms with E-state index in [0.29, 0.717) is 46.9 Å². The fourth-order valence-corrected chi connectivity index (χ4v) is 3.71. The van der Waals surface area contributed by atoms with E-state index in [2.05, 4.69) is 4.98 Å². The molecule has 0 unspecified atom stereocenters. The van der Waals surface area contributed by atoms with Gasteiger partial charge in [-0.15, -0.1) is 0 Å². The molecular formula is C20H23NO6. The van der Waals surface area contributed by atoms with Crippen LogP contribution in [-0.2, 0) is 11.2 Å². The summed E-state index contributed by atoms with van der Waals surface area (Å²) in [7, 11) is 5.99. The van der Waals surface area contributed by atoms with Crippen LogP contribution in [0.1, 0.15) is 50.0 Å². The second kappa shape index (κ2) is 7.34. The van der Waals surface area contributed by atoms with Gasteiger partial charge >= 0.3 is 5.97 Å². The van der Waals surface area contributed by atoms with E-state index in [-0.39, 0.29) is 11.7 Å². The van der Waals surface area contributed by atoms with Gasteiger partial charge in [-0.25, -0.2) is 4.79 Å². The molecule has 0 saturated heterocycles. The zero-order chi connectivity index (χ0) is 19.7. The highest BCUT2D eigenvalue weighted by Crippen LogP contribution is 2.43. The molecule has 3 rings (SSSR count). The van der Waals surface area contributed by atoms with Gasteiger partial charge < -0.3 is 23.9 Å². The van der Waals surface area contributed by atoms with Crippen LogP contribution in [0, 0.1) is 6.92 Å². The summed E-state index contributed by atoms with van der Waals surface area (Å²) < 4.78 is 21.0. The smallest absolute Gasteiger partial charge is 0.354 e. The quantitative estimate of drug-likeness (QED) is 0.811. The van der Waals surface area contributed by atoms with Gasteiger partial charge in [-0.3, -0.25) is 4.79 Å². The Hall–Kier alpha value is -2.96. The summed E-state index contributed by atoms with van der Waals surface area (Å²) in [5.41, 5.74) is 3.24. The number of ketones is 1. The fraction of sp³-hybridized carbons (Fsp3) is 0.400. The first kappa shape index (κ1) is 18.8. The molecule has 1 aromatic carbocycles. The average molecular weight is 373 g/mol. The predicted octanol–water partition coefficient (Wildman–Crippen LogP) is 3.05. The lowest BCUT2D eigenvalue weighted by atomic mass is 9.81. The SMILES string of the molecule is COC(=O)c1[nH]c2c(c1C)C(=O)C[C@H](c1cc(OC)c(OC)c(OC)c1)C2. The van der Waals surface area contributed by atoms with Crippen molar-refractivity contribution in [1.29, 1.82) is 0 Å². The number of aromatic amines is 1. The topological polar surface area (TPSA) is 86.9 Å². The van der Waals surface area contributed by atoms with Crippen LogP contribution in [0.15, 0.2) is 12.1 Å². The summed E-state index contributed by atoms with van der Waals surface area (Å²) in [5, 5.41) is 0. The average Bonchev–Trinajstić information content (AvgIpc) is 3.02. The van der Waals surface area contributed by atoms with Crippen LogP contribution in [-0.4, -0.2) is 45.2 Å². The number of hydrogen-bond acceptors (Lipinski definition) is 6. The van der Waals surface area contributed by atoms with Crippen molar-refractivity contribution in [2.45, 2.75) is 25.7 Å². The van der Waals surface area contributed by atoms with Crippen molar-refractivity contribution in [3.63, 3.8) is 0 Å². The number of aromatic nitrogens is 1. The molecular weight excluding hydrogens is 350 g/mol. The Balaban J connectivity index is 2.02. The molecule has 2 aromatic rings. The molecule has 0 saturated carbocycles. The number of hydrogen-bond donors (Lipinski definition) is 1. The van der Waals surface area contributed by atoms with E-state index in [9.17, 15) is 9.59 Å². The van der Waals surface area contributed by atoms with Crippen LogP contribution < -0.4 is 14.2 Å². The number of nitrogens with one attached hydrogen (secondary N) is 1. The van der Waals surface area contributed by atoms with Crippen LogP contribution >= 0.6 is 0 Å². The first-order valence-electron chi connectivity index (χ1n) is 8.57. The van der Waals surface area contributed by atoms with Gasteiger partial charge in [0, 0.05) is 17.7 Å². The van der Waals surface area contributed by atoms with Gasteiger partial charge in [0.15, 0.2) is 17.3 Å². The summed E-state index contributed by atoms with van der Waals surface area (Å²) in [6.07, 6.45) is 0.933. The van der Waals surface area contributed by atoms with E-state index in [4.69, 9.17) is 18.9 Å². The Morgan fingerprint density at radius 1 is 1.04 bits per heavy atom. The Bertz CT molecular complexity index is 873. The minimum atomic E-state index is -0.473. The Morgan fingerprint density at radius 3 is 2.19 bits per heavy atom. The summed E-state index contributed by atoms with van der Waals surface area (Å²) in [6, 6.07) is 3.72. The number of methoxy groups -OCH3 is 4. The van der Waals surface area contributed by atoms with E-state index in [0.717, 1.165) is 11.3 Å². The molecule has 0 bridgehead atoms. The zero-order valence-electron chi connectivity index (χ0n) is 16.1. The van der Waals surface area contributed by atoms with Gasteiger partial charge in [-0.05, 0) is 42.5 Å². The van der Waals surface area contributed by atoms with Gasteiger partial charge in [0.1, 0.15) is 5.69 Å². The second-order valence-corrected chi connectivity index (χ2v) is 6.46. The van der Waals surface area contributed by atoms with E-state index >= 15 is 0 Å². The van der Waals surface area contributed by atoms with Crippen molar-refractivity contribution >= 4 is 11.8 Å². The monoisotopic (exact) mass is 373 g/mol. The maximum Gasteiger partial charge on any atom is 0.354 e. The maximum absolute atomic E-state index is 12.8. The predicted molar refractivity (Wildman–Crippen MR) is 98.4 cm³/mol. The first-order chi connectivity index (χ1) is 12.9. The lowest BCUT2D eigenvalue weighted by Crippen LogP contribution is -2.19. The van der Waals surface area contributed by atoms with Crippen molar-refractivity contribution in [2.24, 2.45) is 0 Å². The van der Waals surface area contributed by atoms with Crippen LogP contribution in [0.2, 0.25) is 0 Å². The van der Waals surface area contributed by atoms with E-state index < -0.39 is 5.97 Å². The third-order valence-corrected chi connectivity index (χ3v) is 5.04. The molecule has 144 valence electrons. The number of carbonyl (C=O) groups excluding carboxylic acids is 2. The van der Waals surface area contributed by atoms with Gasteiger partial charge in [0.2, 0.25) is 5.75 Å². The van der Waals surface area contributed by atoms with Crippen LogP contribution in [0.25, 0.3) is 0 Å². The molecule has 1 atom stereocenters. The molecule has 1 aromatic heterocycles. The number of ether oxygens (including phenoxy) is 4. The molecule has 0 radical (unpaired) electrons. The molecule has 7 nitrogen and oxygen atoms in total. The lowest BCUT2D eigenvalue weighted by molar-refractivity contribution is 0.0593. The largest absolute Gasteiger partial charge is 0.493 e. The number of carbonyl (C=O) groups is 2. The number of benzene rings is 1. The summed E-state index contributed by atoms with van der Waals surface area (Å²) >= 11 is 0. The van der Waals surface area contributed by atoms with E-state index in [1.54, 1.807) is 28.3 Å². The molecule has 1 heterocycles. The highest BCUT2D eigenvalue weighted by atomic mass is 16.5. The standard InChI is InChI=1S/C20H23NO6/c1-10-17-13(21-18(10)20(23)27-5)6-11(7-14(17)22)12-8-15(24-2)19(26-4)16(9-12)25-3/h8-9,11,21H,6-7H2,1-5H3/t11-/m1/s1. The van der Waals surface area contributed by atoms with Crippen LogP contribution in [0.4, 0.5) is 0 Å². The van der Waals surface area contributed by atoms with Gasteiger partial charge in [-0.2, -0.15) is 0 Å². The van der Waals surface area contributed by atoms with Crippen molar-refractivity contribution in [2.75, 3.05) is 28.4 Å². The normalized spacial score (nSPS) is 15.9. The van der Waals surface area contributed by atoms with Crippen molar-refractivity contribution < 1.29 is 28.5 Å². The van der Waals surface area contributed by atoms with Crippen molar-refractivity contribution in [3.8, 4) is 17.2 Å². The number of esters is 1. The Kier molecular flexibility index (Phi) is 5.12. The minimum Gasteiger partial charge on any atom is -0.493 e. The highest BCUT2D eigenvalue weighted by molar-refractivity contribution is 6.03. The minimum absolute atomic E-state index is 0.00101. The van der Waals surface area contributed by atoms with Crippen LogP contribution in [0.3, 0.4) is 0 Å². The second-order valence-electron chi connectivity index (χ2n) is 6.46. The molecule has 0 amide bonds. The maximum atomic E-state index is 12.8.